The van der Waals surface area contributed by atoms with Gasteiger partial charge in [0.25, 0.3) is 0 Å². The van der Waals surface area contributed by atoms with E-state index in [1.807, 2.05) is 30.3 Å². The van der Waals surface area contributed by atoms with Crippen molar-refractivity contribution in [3.05, 3.63) is 68.1 Å². The fourth-order valence-corrected chi connectivity index (χ4v) is 4.84. The lowest BCUT2D eigenvalue weighted by molar-refractivity contribution is -0.138. The van der Waals surface area contributed by atoms with E-state index in [4.69, 9.17) is 23.2 Å². The fraction of sp³-hybridized carbons (Fsp3) is 0.391. The first-order chi connectivity index (χ1) is 14.8. The topological polar surface area (TPSA) is 49.4 Å². The molecule has 0 fully saturated rings. The maximum absolute atomic E-state index is 13.1. The van der Waals surface area contributed by atoms with Crippen molar-refractivity contribution in [3.63, 3.8) is 0 Å². The summed E-state index contributed by atoms with van der Waals surface area (Å²) in [5.41, 5.74) is 1.88. The number of unbranched alkanes of at least 4 members (excludes halogenated alkanes) is 1. The molecule has 0 bridgehead atoms. The van der Waals surface area contributed by atoms with Gasteiger partial charge in [-0.05, 0) is 48.7 Å². The number of hydrogen-bond acceptors (Lipinski definition) is 3. The lowest BCUT2D eigenvalue weighted by atomic mass is 10.1. The number of rotatable bonds is 11. The van der Waals surface area contributed by atoms with Gasteiger partial charge in [0, 0.05) is 33.4 Å². The van der Waals surface area contributed by atoms with Crippen LogP contribution < -0.4 is 5.32 Å². The second-order valence-corrected chi connectivity index (χ2v) is 9.95. The summed E-state index contributed by atoms with van der Waals surface area (Å²) in [7, 11) is 0. The highest BCUT2D eigenvalue weighted by Crippen LogP contribution is 2.25. The third-order valence-electron chi connectivity index (χ3n) is 4.74. The van der Waals surface area contributed by atoms with Gasteiger partial charge in [0.05, 0.1) is 5.75 Å². The zero-order chi connectivity index (χ0) is 22.8. The Bertz CT molecular complexity index is 898. The molecule has 31 heavy (non-hydrogen) atoms. The van der Waals surface area contributed by atoms with Gasteiger partial charge in [0.15, 0.2) is 0 Å². The highest BCUT2D eigenvalue weighted by molar-refractivity contribution is 9.10. The molecule has 0 heterocycles. The molecule has 2 aromatic rings. The molecule has 1 atom stereocenters. The second-order valence-electron chi connectivity index (χ2n) is 7.20. The highest BCUT2D eigenvalue weighted by Gasteiger charge is 2.26. The molecular weight excluding hydrogens is 519 g/mol. The average Bonchev–Trinajstić information content (AvgIpc) is 2.73. The molecule has 168 valence electrons. The minimum Gasteiger partial charge on any atom is -0.354 e. The van der Waals surface area contributed by atoms with Crippen molar-refractivity contribution < 1.29 is 9.59 Å². The molecule has 0 saturated heterocycles. The molecule has 1 N–H and O–H groups in total. The average molecular weight is 546 g/mol. The van der Waals surface area contributed by atoms with Crippen LogP contribution in [0.1, 0.15) is 37.8 Å². The SMILES string of the molecule is CCCCNC(=O)C(C)N(Cc1cccc(Br)c1)C(=O)CSCc1ccc(Cl)cc1Cl. The summed E-state index contributed by atoms with van der Waals surface area (Å²) < 4.78 is 0.934. The Morgan fingerprint density at radius 1 is 1.19 bits per heavy atom. The third kappa shape index (κ3) is 8.68. The summed E-state index contributed by atoms with van der Waals surface area (Å²) in [5, 5.41) is 4.10. The van der Waals surface area contributed by atoms with Crippen LogP contribution in [0.25, 0.3) is 0 Å². The van der Waals surface area contributed by atoms with Crippen LogP contribution in [0, 0.1) is 0 Å². The Morgan fingerprint density at radius 2 is 1.97 bits per heavy atom. The fourth-order valence-electron chi connectivity index (χ4n) is 2.92. The van der Waals surface area contributed by atoms with Gasteiger partial charge in [-0.2, -0.15) is 0 Å². The van der Waals surface area contributed by atoms with Crippen molar-refractivity contribution in [2.45, 2.75) is 45.0 Å². The monoisotopic (exact) mass is 544 g/mol. The number of carbonyl (C=O) groups is 2. The molecule has 4 nitrogen and oxygen atoms in total. The molecule has 0 radical (unpaired) electrons. The predicted molar refractivity (Wildman–Crippen MR) is 135 cm³/mol. The minimum absolute atomic E-state index is 0.0896. The molecule has 0 aliphatic heterocycles. The Hall–Kier alpha value is -1.21. The van der Waals surface area contributed by atoms with E-state index in [0.29, 0.717) is 28.9 Å². The molecular formula is C23H27BrCl2N2O2S. The maximum Gasteiger partial charge on any atom is 0.242 e. The molecule has 0 aliphatic carbocycles. The van der Waals surface area contributed by atoms with Gasteiger partial charge in [-0.15, -0.1) is 11.8 Å². The summed E-state index contributed by atoms with van der Waals surface area (Å²) in [5.74, 6) is 0.610. The molecule has 0 aliphatic rings. The van der Waals surface area contributed by atoms with Crippen LogP contribution in [0.5, 0.6) is 0 Å². The van der Waals surface area contributed by atoms with E-state index in [2.05, 4.69) is 28.2 Å². The number of nitrogens with one attached hydrogen (secondary N) is 1. The second kappa shape index (κ2) is 13.4. The molecule has 0 spiro atoms. The number of carbonyl (C=O) groups excluding carboxylic acids is 2. The van der Waals surface area contributed by atoms with Crippen molar-refractivity contribution >= 4 is 62.7 Å². The van der Waals surface area contributed by atoms with E-state index < -0.39 is 6.04 Å². The first-order valence-corrected chi connectivity index (χ1v) is 12.9. The van der Waals surface area contributed by atoms with Gasteiger partial charge in [-0.1, -0.05) is 70.7 Å². The molecule has 2 aromatic carbocycles. The quantitative estimate of drug-likeness (QED) is 0.336. The summed E-state index contributed by atoms with van der Waals surface area (Å²) in [6.45, 7) is 4.83. The normalized spacial score (nSPS) is 11.8. The molecule has 1 unspecified atom stereocenters. The highest BCUT2D eigenvalue weighted by atomic mass is 79.9. The Kier molecular flexibility index (Phi) is 11.2. The van der Waals surface area contributed by atoms with E-state index in [9.17, 15) is 9.59 Å². The maximum atomic E-state index is 13.1. The van der Waals surface area contributed by atoms with Crippen LogP contribution >= 0.6 is 50.9 Å². The smallest absolute Gasteiger partial charge is 0.242 e. The standard InChI is InChI=1S/C23H27BrCl2N2O2S/c1-3-4-10-27-23(30)16(2)28(13-17-6-5-7-19(24)11-17)22(29)15-31-14-18-8-9-20(25)12-21(18)26/h5-9,11-12,16H,3-4,10,13-15H2,1-2H3,(H,27,30). The zero-order valence-corrected chi connectivity index (χ0v) is 21.6. The minimum atomic E-state index is -0.567. The van der Waals surface area contributed by atoms with Crippen LogP contribution in [-0.4, -0.2) is 35.1 Å². The van der Waals surface area contributed by atoms with Crippen LogP contribution in [0.15, 0.2) is 46.9 Å². The number of thioether (sulfide) groups is 1. The Balaban J connectivity index is 2.06. The number of amides is 2. The Morgan fingerprint density at radius 3 is 2.65 bits per heavy atom. The predicted octanol–water partition coefficient (Wildman–Crippen LogP) is 6.32. The molecule has 2 rings (SSSR count). The van der Waals surface area contributed by atoms with Gasteiger partial charge in [0.2, 0.25) is 11.8 Å². The van der Waals surface area contributed by atoms with E-state index in [1.165, 1.54) is 11.8 Å². The summed E-state index contributed by atoms with van der Waals surface area (Å²) >= 11 is 17.1. The summed E-state index contributed by atoms with van der Waals surface area (Å²) in [6, 6.07) is 12.5. The van der Waals surface area contributed by atoms with Crippen molar-refractivity contribution in [3.8, 4) is 0 Å². The molecule has 0 aromatic heterocycles. The first kappa shape index (κ1) is 26.0. The molecule has 8 heteroatoms. The lowest BCUT2D eigenvalue weighted by Crippen LogP contribution is -2.48. The summed E-state index contributed by atoms with van der Waals surface area (Å²) in [6.07, 6.45) is 1.91. The van der Waals surface area contributed by atoms with Gasteiger partial charge in [-0.25, -0.2) is 0 Å². The van der Waals surface area contributed by atoms with E-state index in [-0.39, 0.29) is 17.6 Å². The number of nitrogens with zero attached hydrogens (tertiary/aromatic N) is 1. The van der Waals surface area contributed by atoms with E-state index in [1.54, 1.807) is 24.0 Å². The number of halogens is 3. The van der Waals surface area contributed by atoms with Crippen molar-refractivity contribution in [2.75, 3.05) is 12.3 Å². The first-order valence-electron chi connectivity index (χ1n) is 10.1. The summed E-state index contributed by atoms with van der Waals surface area (Å²) in [4.78, 5) is 27.4. The van der Waals surface area contributed by atoms with Crippen LogP contribution in [0.2, 0.25) is 10.0 Å². The van der Waals surface area contributed by atoms with Crippen LogP contribution in [0.4, 0.5) is 0 Å². The van der Waals surface area contributed by atoms with Crippen molar-refractivity contribution in [1.82, 2.24) is 10.2 Å². The third-order valence-corrected chi connectivity index (χ3v) is 6.78. The van der Waals surface area contributed by atoms with Gasteiger partial charge in [0.1, 0.15) is 6.04 Å². The molecule has 2 amide bonds. The zero-order valence-electron chi connectivity index (χ0n) is 17.7. The number of hydrogen-bond donors (Lipinski definition) is 1. The van der Waals surface area contributed by atoms with E-state index >= 15 is 0 Å². The van der Waals surface area contributed by atoms with Gasteiger partial charge >= 0.3 is 0 Å². The van der Waals surface area contributed by atoms with E-state index in [0.717, 1.165) is 28.4 Å². The molecule has 0 saturated carbocycles. The van der Waals surface area contributed by atoms with Crippen molar-refractivity contribution in [1.29, 1.82) is 0 Å². The van der Waals surface area contributed by atoms with Gasteiger partial charge < -0.3 is 10.2 Å². The van der Waals surface area contributed by atoms with Crippen molar-refractivity contribution in [2.24, 2.45) is 0 Å². The largest absolute Gasteiger partial charge is 0.354 e. The Labute approximate surface area is 207 Å². The van der Waals surface area contributed by atoms with Crippen LogP contribution in [0.3, 0.4) is 0 Å². The lowest BCUT2D eigenvalue weighted by Gasteiger charge is -2.29. The van der Waals surface area contributed by atoms with Gasteiger partial charge in [-0.3, -0.25) is 9.59 Å². The van der Waals surface area contributed by atoms with Crippen LogP contribution in [-0.2, 0) is 21.9 Å². The number of benzene rings is 2.